The molecule has 0 spiro atoms. The number of carbonyl (C=O) groups is 1. The highest BCUT2D eigenvalue weighted by Gasteiger charge is 2.19. The summed E-state index contributed by atoms with van der Waals surface area (Å²) in [6.45, 7) is 2.90. The van der Waals surface area contributed by atoms with Gasteiger partial charge in [-0.05, 0) is 26.0 Å². The van der Waals surface area contributed by atoms with Gasteiger partial charge in [0.1, 0.15) is 0 Å². The standard InChI is InChI=1S/C8H13NO2/c1-2-11-8(10)7-4-3-5-9-6-7/h5,7H,2-4,6H2,1H3. The van der Waals surface area contributed by atoms with E-state index in [1.54, 1.807) is 0 Å². The third kappa shape index (κ3) is 2.33. The van der Waals surface area contributed by atoms with Gasteiger partial charge in [0.2, 0.25) is 0 Å². The molecular formula is C8H13NO2. The summed E-state index contributed by atoms with van der Waals surface area (Å²) in [5.41, 5.74) is 0. The van der Waals surface area contributed by atoms with Crippen LogP contribution in [0, 0.1) is 5.92 Å². The summed E-state index contributed by atoms with van der Waals surface area (Å²) in [7, 11) is 0. The van der Waals surface area contributed by atoms with Crippen molar-refractivity contribution in [2.45, 2.75) is 19.8 Å². The van der Waals surface area contributed by atoms with Crippen molar-refractivity contribution >= 4 is 12.2 Å². The summed E-state index contributed by atoms with van der Waals surface area (Å²) < 4.78 is 4.87. The van der Waals surface area contributed by atoms with Crippen molar-refractivity contribution in [3.05, 3.63) is 0 Å². The first kappa shape index (κ1) is 8.24. The molecule has 3 nitrogen and oxygen atoms in total. The van der Waals surface area contributed by atoms with E-state index in [4.69, 9.17) is 4.74 Å². The molecule has 62 valence electrons. The smallest absolute Gasteiger partial charge is 0.310 e. The van der Waals surface area contributed by atoms with Crippen LogP contribution in [0.15, 0.2) is 4.99 Å². The van der Waals surface area contributed by atoms with E-state index >= 15 is 0 Å². The second kappa shape index (κ2) is 4.11. The quantitative estimate of drug-likeness (QED) is 0.559. The Hall–Kier alpha value is -0.860. The van der Waals surface area contributed by atoms with Crippen LogP contribution in [-0.4, -0.2) is 25.3 Å². The van der Waals surface area contributed by atoms with Crippen LogP contribution in [-0.2, 0) is 9.53 Å². The molecule has 11 heavy (non-hydrogen) atoms. The number of hydrogen-bond donors (Lipinski definition) is 0. The first-order valence-corrected chi connectivity index (χ1v) is 3.99. The number of ether oxygens (including phenoxy) is 1. The van der Waals surface area contributed by atoms with Crippen molar-refractivity contribution in [3.63, 3.8) is 0 Å². The van der Waals surface area contributed by atoms with Crippen LogP contribution < -0.4 is 0 Å². The van der Waals surface area contributed by atoms with E-state index in [1.165, 1.54) is 0 Å². The Balaban J connectivity index is 2.34. The van der Waals surface area contributed by atoms with Gasteiger partial charge in [0.05, 0.1) is 19.1 Å². The summed E-state index contributed by atoms with van der Waals surface area (Å²) in [5, 5.41) is 0. The maximum Gasteiger partial charge on any atom is 0.310 e. The van der Waals surface area contributed by atoms with Gasteiger partial charge in [-0.2, -0.15) is 0 Å². The zero-order valence-electron chi connectivity index (χ0n) is 6.75. The first-order chi connectivity index (χ1) is 5.34. The topological polar surface area (TPSA) is 38.7 Å². The fraction of sp³-hybridized carbons (Fsp3) is 0.750. The minimum Gasteiger partial charge on any atom is -0.466 e. The average Bonchev–Trinajstić information content (AvgIpc) is 2.07. The van der Waals surface area contributed by atoms with Crippen LogP contribution in [0.2, 0.25) is 0 Å². The number of nitrogens with zero attached hydrogens (tertiary/aromatic N) is 1. The monoisotopic (exact) mass is 155 g/mol. The number of aliphatic imine (C=N–C) groups is 1. The number of rotatable bonds is 2. The summed E-state index contributed by atoms with van der Waals surface area (Å²) in [4.78, 5) is 15.1. The fourth-order valence-corrected chi connectivity index (χ4v) is 1.11. The Bertz CT molecular complexity index is 165. The van der Waals surface area contributed by atoms with Gasteiger partial charge in [-0.1, -0.05) is 0 Å². The Morgan fingerprint density at radius 2 is 2.64 bits per heavy atom. The lowest BCUT2D eigenvalue weighted by Gasteiger charge is -2.14. The summed E-state index contributed by atoms with van der Waals surface area (Å²) in [5.74, 6) is -0.0794. The van der Waals surface area contributed by atoms with E-state index < -0.39 is 0 Å². The van der Waals surface area contributed by atoms with Gasteiger partial charge < -0.3 is 4.74 Å². The highest BCUT2D eigenvalue weighted by molar-refractivity contribution is 5.74. The molecule has 3 heteroatoms. The van der Waals surface area contributed by atoms with Crippen molar-refractivity contribution in [3.8, 4) is 0 Å². The molecule has 0 aromatic heterocycles. The second-order valence-electron chi connectivity index (χ2n) is 2.57. The van der Waals surface area contributed by atoms with Crippen LogP contribution in [0.3, 0.4) is 0 Å². The molecule has 1 rings (SSSR count). The number of carbonyl (C=O) groups excluding carboxylic acids is 1. The third-order valence-corrected chi connectivity index (χ3v) is 1.72. The third-order valence-electron chi connectivity index (χ3n) is 1.72. The predicted octanol–water partition coefficient (Wildman–Crippen LogP) is 1.03. The Morgan fingerprint density at radius 1 is 1.82 bits per heavy atom. The minimum absolute atomic E-state index is 0.0138. The van der Waals surface area contributed by atoms with Crippen LogP contribution in [0.5, 0.6) is 0 Å². The lowest BCUT2D eigenvalue weighted by atomic mass is 10.0. The molecule has 1 aliphatic heterocycles. The van der Waals surface area contributed by atoms with Gasteiger partial charge in [-0.25, -0.2) is 0 Å². The number of hydrogen-bond acceptors (Lipinski definition) is 3. The van der Waals surface area contributed by atoms with Gasteiger partial charge in [-0.15, -0.1) is 0 Å². The lowest BCUT2D eigenvalue weighted by Crippen LogP contribution is -2.22. The SMILES string of the molecule is CCOC(=O)C1CCC=NC1. The molecule has 0 radical (unpaired) electrons. The molecular weight excluding hydrogens is 142 g/mol. The summed E-state index contributed by atoms with van der Waals surface area (Å²) >= 11 is 0. The molecule has 1 unspecified atom stereocenters. The molecule has 0 N–H and O–H groups in total. The van der Waals surface area contributed by atoms with E-state index in [0.717, 1.165) is 12.8 Å². The van der Waals surface area contributed by atoms with Crippen molar-refractivity contribution in [1.29, 1.82) is 0 Å². The first-order valence-electron chi connectivity index (χ1n) is 3.99. The van der Waals surface area contributed by atoms with E-state index in [9.17, 15) is 4.79 Å². The Kier molecular flexibility index (Phi) is 3.08. The Labute approximate surface area is 66.5 Å². The number of esters is 1. The summed E-state index contributed by atoms with van der Waals surface area (Å²) in [6, 6.07) is 0. The maximum atomic E-state index is 11.1. The second-order valence-corrected chi connectivity index (χ2v) is 2.57. The van der Waals surface area contributed by atoms with Gasteiger partial charge in [-0.3, -0.25) is 9.79 Å². The van der Waals surface area contributed by atoms with Crippen LogP contribution in [0.25, 0.3) is 0 Å². The highest BCUT2D eigenvalue weighted by atomic mass is 16.5. The molecule has 0 saturated heterocycles. The normalized spacial score (nSPS) is 23.2. The minimum atomic E-state index is -0.0932. The van der Waals surface area contributed by atoms with Gasteiger partial charge in [0, 0.05) is 0 Å². The van der Waals surface area contributed by atoms with Crippen molar-refractivity contribution in [2.24, 2.45) is 10.9 Å². The molecule has 0 aromatic carbocycles. The molecule has 0 aliphatic carbocycles. The van der Waals surface area contributed by atoms with Crippen molar-refractivity contribution in [2.75, 3.05) is 13.2 Å². The van der Waals surface area contributed by atoms with E-state index in [0.29, 0.717) is 13.2 Å². The molecule has 0 fully saturated rings. The average molecular weight is 155 g/mol. The molecule has 0 aromatic rings. The zero-order valence-corrected chi connectivity index (χ0v) is 6.75. The maximum absolute atomic E-state index is 11.1. The lowest BCUT2D eigenvalue weighted by molar-refractivity contribution is -0.147. The fourth-order valence-electron chi connectivity index (χ4n) is 1.11. The predicted molar refractivity (Wildman–Crippen MR) is 42.7 cm³/mol. The van der Waals surface area contributed by atoms with Crippen molar-refractivity contribution in [1.82, 2.24) is 0 Å². The van der Waals surface area contributed by atoms with E-state index in [-0.39, 0.29) is 11.9 Å². The van der Waals surface area contributed by atoms with Crippen LogP contribution in [0.1, 0.15) is 19.8 Å². The molecule has 0 saturated carbocycles. The van der Waals surface area contributed by atoms with Gasteiger partial charge in [0.25, 0.3) is 0 Å². The molecule has 0 amide bonds. The summed E-state index contributed by atoms with van der Waals surface area (Å²) in [6.07, 6.45) is 3.67. The molecule has 0 bridgehead atoms. The highest BCUT2D eigenvalue weighted by Crippen LogP contribution is 2.12. The van der Waals surface area contributed by atoms with E-state index in [1.807, 2.05) is 13.1 Å². The van der Waals surface area contributed by atoms with Gasteiger partial charge >= 0.3 is 5.97 Å². The van der Waals surface area contributed by atoms with Crippen LogP contribution >= 0.6 is 0 Å². The molecule has 1 aliphatic rings. The van der Waals surface area contributed by atoms with Gasteiger partial charge in [0.15, 0.2) is 0 Å². The Morgan fingerprint density at radius 3 is 3.18 bits per heavy atom. The largest absolute Gasteiger partial charge is 0.466 e. The zero-order chi connectivity index (χ0) is 8.10. The molecule has 1 atom stereocenters. The molecule has 1 heterocycles. The van der Waals surface area contributed by atoms with E-state index in [2.05, 4.69) is 4.99 Å². The van der Waals surface area contributed by atoms with Crippen LogP contribution in [0.4, 0.5) is 0 Å². The van der Waals surface area contributed by atoms with Crippen molar-refractivity contribution < 1.29 is 9.53 Å².